The monoisotopic (exact) mass is 234 g/mol. The number of hydrogen-bond acceptors (Lipinski definition) is 4. The van der Waals surface area contributed by atoms with Gasteiger partial charge >= 0.3 is 0 Å². The molecule has 0 heterocycles. The largest absolute Gasteiger partial charge is 0.391 e. The number of ether oxygens (including phenoxy) is 3. The summed E-state index contributed by atoms with van der Waals surface area (Å²) in [5, 5.41) is 9.06. The molecule has 2 unspecified atom stereocenters. The van der Waals surface area contributed by atoms with Crippen LogP contribution in [-0.4, -0.2) is 43.9 Å². The second-order valence-corrected chi connectivity index (χ2v) is 3.86. The molecule has 0 saturated carbocycles. The highest BCUT2D eigenvalue weighted by atomic mass is 16.7. The molecular weight excluding hydrogens is 208 g/mol. The maximum Gasteiger partial charge on any atom is 0.157 e. The van der Waals surface area contributed by atoms with Crippen molar-refractivity contribution in [2.24, 2.45) is 0 Å². The predicted octanol–water partition coefficient (Wildman–Crippen LogP) is 1.95. The van der Waals surface area contributed by atoms with Crippen molar-refractivity contribution in [3.05, 3.63) is 0 Å². The quantitative estimate of drug-likeness (QED) is 0.438. The van der Waals surface area contributed by atoms with Gasteiger partial charge in [0.1, 0.15) is 0 Å². The molecule has 0 spiro atoms. The van der Waals surface area contributed by atoms with Crippen LogP contribution in [0.3, 0.4) is 0 Å². The Morgan fingerprint density at radius 3 is 2.38 bits per heavy atom. The van der Waals surface area contributed by atoms with Crippen molar-refractivity contribution in [1.29, 1.82) is 0 Å². The minimum Gasteiger partial charge on any atom is -0.391 e. The first-order valence-corrected chi connectivity index (χ1v) is 6.19. The summed E-state index contributed by atoms with van der Waals surface area (Å²) in [5.41, 5.74) is 0. The first-order valence-electron chi connectivity index (χ1n) is 6.19. The third-order valence-corrected chi connectivity index (χ3v) is 1.94. The van der Waals surface area contributed by atoms with E-state index in [9.17, 15) is 0 Å². The molecule has 0 amide bonds. The fourth-order valence-corrected chi connectivity index (χ4v) is 1.15. The van der Waals surface area contributed by atoms with E-state index in [1.54, 1.807) is 6.92 Å². The summed E-state index contributed by atoms with van der Waals surface area (Å²) in [6.45, 7) is 8.31. The standard InChI is InChI=1S/C12H26O4/c1-4-7-14-8-6-9-15-12(5-2)16-10-11(3)13/h11-13H,4-10H2,1-3H3. The topological polar surface area (TPSA) is 47.9 Å². The molecule has 0 aliphatic heterocycles. The van der Waals surface area contributed by atoms with Crippen LogP contribution in [0, 0.1) is 0 Å². The van der Waals surface area contributed by atoms with E-state index < -0.39 is 6.10 Å². The molecule has 16 heavy (non-hydrogen) atoms. The second kappa shape index (κ2) is 11.3. The van der Waals surface area contributed by atoms with E-state index in [1.165, 1.54) is 0 Å². The van der Waals surface area contributed by atoms with Crippen LogP contribution in [0.15, 0.2) is 0 Å². The molecule has 4 nitrogen and oxygen atoms in total. The summed E-state index contributed by atoms with van der Waals surface area (Å²) in [4.78, 5) is 0. The van der Waals surface area contributed by atoms with E-state index >= 15 is 0 Å². The average Bonchev–Trinajstić information content (AvgIpc) is 2.27. The number of aliphatic hydroxyl groups excluding tert-OH is 1. The van der Waals surface area contributed by atoms with Crippen molar-refractivity contribution in [2.75, 3.05) is 26.4 Å². The summed E-state index contributed by atoms with van der Waals surface area (Å²) in [5.74, 6) is 0. The summed E-state index contributed by atoms with van der Waals surface area (Å²) >= 11 is 0. The van der Waals surface area contributed by atoms with Crippen LogP contribution in [0.5, 0.6) is 0 Å². The zero-order chi connectivity index (χ0) is 12.2. The first-order chi connectivity index (χ1) is 7.70. The third-order valence-electron chi connectivity index (χ3n) is 1.94. The van der Waals surface area contributed by atoms with Gasteiger partial charge in [0.15, 0.2) is 6.29 Å². The molecule has 0 aromatic carbocycles. The van der Waals surface area contributed by atoms with Crippen molar-refractivity contribution in [3.8, 4) is 0 Å². The lowest BCUT2D eigenvalue weighted by Gasteiger charge is -2.17. The molecule has 98 valence electrons. The smallest absolute Gasteiger partial charge is 0.157 e. The van der Waals surface area contributed by atoms with E-state index in [0.29, 0.717) is 13.2 Å². The van der Waals surface area contributed by atoms with Crippen molar-refractivity contribution in [1.82, 2.24) is 0 Å². The van der Waals surface area contributed by atoms with E-state index in [0.717, 1.165) is 32.5 Å². The van der Waals surface area contributed by atoms with Crippen molar-refractivity contribution >= 4 is 0 Å². The van der Waals surface area contributed by atoms with Gasteiger partial charge in [-0.2, -0.15) is 0 Å². The zero-order valence-corrected chi connectivity index (χ0v) is 10.8. The Morgan fingerprint density at radius 1 is 1.06 bits per heavy atom. The fourth-order valence-electron chi connectivity index (χ4n) is 1.15. The average molecular weight is 234 g/mol. The molecule has 4 heteroatoms. The number of rotatable bonds is 11. The Labute approximate surface area is 98.9 Å². The Balaban J connectivity index is 3.33. The molecule has 0 radical (unpaired) electrons. The van der Waals surface area contributed by atoms with Crippen LogP contribution in [0.4, 0.5) is 0 Å². The van der Waals surface area contributed by atoms with E-state index in [4.69, 9.17) is 19.3 Å². The summed E-state index contributed by atoms with van der Waals surface area (Å²) in [7, 11) is 0. The van der Waals surface area contributed by atoms with E-state index in [2.05, 4.69) is 6.92 Å². The van der Waals surface area contributed by atoms with E-state index in [-0.39, 0.29) is 6.29 Å². The minimum absolute atomic E-state index is 0.208. The van der Waals surface area contributed by atoms with Crippen LogP contribution < -0.4 is 0 Å². The van der Waals surface area contributed by atoms with Gasteiger partial charge in [0.05, 0.1) is 19.3 Å². The lowest BCUT2D eigenvalue weighted by atomic mass is 10.4. The third kappa shape index (κ3) is 10.4. The van der Waals surface area contributed by atoms with Crippen LogP contribution >= 0.6 is 0 Å². The Morgan fingerprint density at radius 2 is 1.81 bits per heavy atom. The Hall–Kier alpha value is -0.160. The highest BCUT2D eigenvalue weighted by Crippen LogP contribution is 2.02. The van der Waals surface area contributed by atoms with Crippen molar-refractivity contribution < 1.29 is 19.3 Å². The maximum absolute atomic E-state index is 9.06. The van der Waals surface area contributed by atoms with Crippen molar-refractivity contribution in [3.63, 3.8) is 0 Å². The van der Waals surface area contributed by atoms with Crippen LogP contribution in [-0.2, 0) is 14.2 Å². The van der Waals surface area contributed by atoms with Gasteiger partial charge in [-0.1, -0.05) is 13.8 Å². The molecule has 0 aromatic heterocycles. The minimum atomic E-state index is -0.439. The van der Waals surface area contributed by atoms with Gasteiger partial charge in [-0.25, -0.2) is 0 Å². The Kier molecular flexibility index (Phi) is 11.2. The second-order valence-electron chi connectivity index (χ2n) is 3.86. The van der Waals surface area contributed by atoms with Crippen molar-refractivity contribution in [2.45, 2.75) is 52.4 Å². The maximum atomic E-state index is 9.06. The molecule has 2 atom stereocenters. The molecule has 0 aromatic rings. The predicted molar refractivity (Wildman–Crippen MR) is 63.4 cm³/mol. The molecule has 0 fully saturated rings. The van der Waals surface area contributed by atoms with E-state index in [1.807, 2.05) is 6.92 Å². The summed E-state index contributed by atoms with van der Waals surface area (Å²) in [6.07, 6.45) is 2.08. The molecule has 0 rings (SSSR count). The molecule has 0 bridgehead atoms. The molecule has 1 N–H and O–H groups in total. The summed E-state index contributed by atoms with van der Waals surface area (Å²) < 4.78 is 16.2. The van der Waals surface area contributed by atoms with Gasteiger partial charge in [-0.15, -0.1) is 0 Å². The van der Waals surface area contributed by atoms with Gasteiger partial charge in [0.2, 0.25) is 0 Å². The lowest BCUT2D eigenvalue weighted by Crippen LogP contribution is -2.22. The number of aliphatic hydroxyl groups is 1. The van der Waals surface area contributed by atoms with Gasteiger partial charge in [-0.3, -0.25) is 0 Å². The first kappa shape index (κ1) is 15.8. The summed E-state index contributed by atoms with van der Waals surface area (Å²) in [6, 6.07) is 0. The molecular formula is C12H26O4. The highest BCUT2D eigenvalue weighted by molar-refractivity contribution is 4.46. The van der Waals surface area contributed by atoms with Gasteiger partial charge in [-0.05, 0) is 26.2 Å². The molecule has 0 aliphatic carbocycles. The van der Waals surface area contributed by atoms with Gasteiger partial charge < -0.3 is 19.3 Å². The molecule has 0 aliphatic rings. The van der Waals surface area contributed by atoms with Crippen LogP contribution in [0.1, 0.15) is 40.0 Å². The fraction of sp³-hybridized carbons (Fsp3) is 1.00. The van der Waals surface area contributed by atoms with Gasteiger partial charge in [0, 0.05) is 13.2 Å². The van der Waals surface area contributed by atoms with Crippen LogP contribution in [0.25, 0.3) is 0 Å². The SMILES string of the molecule is CCCOCCCOC(CC)OCC(C)O. The molecule has 0 saturated heterocycles. The van der Waals surface area contributed by atoms with Gasteiger partial charge in [0.25, 0.3) is 0 Å². The normalized spacial score (nSPS) is 15.0. The van der Waals surface area contributed by atoms with Crippen LogP contribution in [0.2, 0.25) is 0 Å². The lowest BCUT2D eigenvalue weighted by molar-refractivity contribution is -0.158. The Bertz CT molecular complexity index is 139. The highest BCUT2D eigenvalue weighted by Gasteiger charge is 2.07. The zero-order valence-electron chi connectivity index (χ0n) is 10.8. The number of hydrogen-bond donors (Lipinski definition) is 1.